The van der Waals surface area contributed by atoms with E-state index in [4.69, 9.17) is 25.1 Å². The van der Waals surface area contributed by atoms with E-state index in [1.165, 1.54) is 12.1 Å². The number of aliphatic hydroxyl groups is 1. The molecule has 0 spiro atoms. The van der Waals surface area contributed by atoms with E-state index in [1.54, 1.807) is 14.2 Å². The lowest BCUT2D eigenvalue weighted by Gasteiger charge is -2.06. The molecule has 0 aliphatic carbocycles. The molecule has 0 amide bonds. The first kappa shape index (κ1) is 22.4. The third-order valence-electron chi connectivity index (χ3n) is 3.96. The molecular formula is C21H23N3O6. The van der Waals surface area contributed by atoms with Crippen LogP contribution in [0.5, 0.6) is 17.4 Å². The average molecular weight is 413 g/mol. The number of nitro groups is 1. The molecule has 0 aliphatic heterocycles. The number of hydrogen-bond acceptors (Lipinski definition) is 8. The van der Waals surface area contributed by atoms with Crippen molar-refractivity contribution in [2.75, 3.05) is 20.0 Å². The van der Waals surface area contributed by atoms with Crippen LogP contribution in [0.25, 0.3) is 0 Å². The summed E-state index contributed by atoms with van der Waals surface area (Å²) in [6.07, 6.45) is 0. The quantitative estimate of drug-likeness (QED) is 0.445. The minimum absolute atomic E-state index is 0.0873. The molecule has 1 heterocycles. The van der Waals surface area contributed by atoms with Crippen molar-refractivity contribution in [3.05, 3.63) is 81.9 Å². The van der Waals surface area contributed by atoms with Crippen LogP contribution in [0.4, 0.5) is 11.5 Å². The van der Waals surface area contributed by atoms with Crippen molar-refractivity contribution in [2.24, 2.45) is 0 Å². The Hall–Kier alpha value is -3.85. The third-order valence-corrected chi connectivity index (χ3v) is 3.96. The van der Waals surface area contributed by atoms with Gasteiger partial charge in [-0.2, -0.15) is 4.98 Å². The number of hydrogen-bond donors (Lipinski definition) is 2. The number of benzene rings is 2. The number of rotatable bonds is 7. The maximum Gasteiger partial charge on any atom is 0.311 e. The summed E-state index contributed by atoms with van der Waals surface area (Å²) in [5.74, 6) is 1.65. The number of aromatic nitrogens is 1. The summed E-state index contributed by atoms with van der Waals surface area (Å²) >= 11 is 0. The van der Waals surface area contributed by atoms with Crippen LogP contribution in [0.2, 0.25) is 0 Å². The number of aliphatic hydroxyl groups excluding tert-OH is 1. The largest absolute Gasteiger partial charge is 0.497 e. The lowest BCUT2D eigenvalue weighted by atomic mass is 10.2. The second-order valence-corrected chi connectivity index (χ2v) is 5.95. The summed E-state index contributed by atoms with van der Waals surface area (Å²) in [5, 5.41) is 19.3. The fourth-order valence-corrected chi connectivity index (χ4v) is 2.29. The molecule has 30 heavy (non-hydrogen) atoms. The third kappa shape index (κ3) is 6.64. The number of methoxy groups -OCH3 is 2. The van der Waals surface area contributed by atoms with Gasteiger partial charge in [-0.3, -0.25) is 10.1 Å². The predicted molar refractivity (Wildman–Crippen MR) is 112 cm³/mol. The first-order valence-corrected chi connectivity index (χ1v) is 8.87. The monoisotopic (exact) mass is 413 g/mol. The van der Waals surface area contributed by atoms with Crippen LogP contribution in [-0.2, 0) is 13.2 Å². The summed E-state index contributed by atoms with van der Waals surface area (Å²) in [5.41, 5.74) is 7.07. The standard InChI is InChI=1S/C13H13N3O4.C8H10O2/c1-19-10-4-2-9(3-5-10)8-20-12-7-6-11(16(17)18)13(14)15-12;1-10-8-4-2-7(6-9)3-5-8/h2-7H,8H2,1H3,(H2,14,15);2-5,9H,6H2,1H3. The van der Waals surface area contributed by atoms with E-state index in [1.807, 2.05) is 48.5 Å². The molecule has 0 aliphatic rings. The lowest BCUT2D eigenvalue weighted by molar-refractivity contribution is -0.384. The van der Waals surface area contributed by atoms with E-state index in [0.29, 0.717) is 0 Å². The Labute approximate surface area is 173 Å². The molecule has 0 bridgehead atoms. The fraction of sp³-hybridized carbons (Fsp3) is 0.190. The molecule has 3 rings (SSSR count). The second kappa shape index (κ2) is 11.2. The van der Waals surface area contributed by atoms with Crippen LogP contribution >= 0.6 is 0 Å². The van der Waals surface area contributed by atoms with Crippen LogP contribution in [0.1, 0.15) is 11.1 Å². The Kier molecular flexibility index (Phi) is 8.40. The van der Waals surface area contributed by atoms with E-state index in [9.17, 15) is 10.1 Å². The molecule has 0 saturated heterocycles. The first-order valence-electron chi connectivity index (χ1n) is 8.87. The van der Waals surface area contributed by atoms with Crippen molar-refractivity contribution in [1.82, 2.24) is 4.98 Å². The number of ether oxygens (including phenoxy) is 3. The van der Waals surface area contributed by atoms with Gasteiger partial charge in [0.05, 0.1) is 25.7 Å². The van der Waals surface area contributed by atoms with Crippen molar-refractivity contribution in [2.45, 2.75) is 13.2 Å². The van der Waals surface area contributed by atoms with Gasteiger partial charge in [-0.25, -0.2) is 0 Å². The van der Waals surface area contributed by atoms with Crippen LogP contribution in [0.3, 0.4) is 0 Å². The van der Waals surface area contributed by atoms with E-state index in [2.05, 4.69) is 4.98 Å². The van der Waals surface area contributed by atoms with Gasteiger partial charge in [0.1, 0.15) is 18.1 Å². The molecule has 0 radical (unpaired) electrons. The molecule has 0 unspecified atom stereocenters. The Morgan fingerprint density at radius 3 is 1.90 bits per heavy atom. The Bertz CT molecular complexity index is 923. The molecule has 2 aromatic carbocycles. The van der Waals surface area contributed by atoms with Gasteiger partial charge >= 0.3 is 5.69 Å². The van der Waals surface area contributed by atoms with Gasteiger partial charge in [-0.05, 0) is 35.4 Å². The van der Waals surface area contributed by atoms with Gasteiger partial charge in [0.25, 0.3) is 0 Å². The first-order chi connectivity index (χ1) is 14.5. The highest BCUT2D eigenvalue weighted by molar-refractivity contribution is 5.53. The maximum atomic E-state index is 10.6. The summed E-state index contributed by atoms with van der Waals surface area (Å²) in [4.78, 5) is 13.9. The highest BCUT2D eigenvalue weighted by Crippen LogP contribution is 2.22. The van der Waals surface area contributed by atoms with Gasteiger partial charge in [-0.1, -0.05) is 24.3 Å². The fourth-order valence-electron chi connectivity index (χ4n) is 2.29. The molecule has 0 atom stereocenters. The molecule has 1 aromatic heterocycles. The summed E-state index contributed by atoms with van der Waals surface area (Å²) in [7, 11) is 3.21. The number of nitrogens with zero attached hydrogens (tertiary/aromatic N) is 2. The molecule has 3 N–H and O–H groups in total. The van der Waals surface area contributed by atoms with Crippen molar-refractivity contribution < 1.29 is 24.2 Å². The number of pyridine rings is 1. The van der Waals surface area contributed by atoms with Gasteiger partial charge in [-0.15, -0.1) is 0 Å². The molecular weight excluding hydrogens is 390 g/mol. The Balaban J connectivity index is 0.000000269. The summed E-state index contributed by atoms with van der Waals surface area (Å²) in [6.45, 7) is 0.373. The van der Waals surface area contributed by atoms with Crippen LogP contribution in [0.15, 0.2) is 60.7 Å². The van der Waals surface area contributed by atoms with Crippen LogP contribution in [-0.4, -0.2) is 29.2 Å². The van der Waals surface area contributed by atoms with Crippen molar-refractivity contribution in [3.8, 4) is 17.4 Å². The summed E-state index contributed by atoms with van der Waals surface area (Å²) in [6, 6.07) is 17.3. The van der Waals surface area contributed by atoms with E-state index in [0.717, 1.165) is 22.6 Å². The van der Waals surface area contributed by atoms with Crippen LogP contribution < -0.4 is 19.9 Å². The molecule has 158 valence electrons. The maximum absolute atomic E-state index is 10.6. The average Bonchev–Trinajstić information content (AvgIpc) is 2.78. The van der Waals surface area contributed by atoms with E-state index < -0.39 is 4.92 Å². The highest BCUT2D eigenvalue weighted by atomic mass is 16.6. The van der Waals surface area contributed by atoms with Gasteiger partial charge < -0.3 is 25.1 Å². The summed E-state index contributed by atoms with van der Waals surface area (Å²) < 4.78 is 15.4. The zero-order valence-corrected chi connectivity index (χ0v) is 16.6. The van der Waals surface area contributed by atoms with Gasteiger partial charge in [0, 0.05) is 12.1 Å². The van der Waals surface area contributed by atoms with E-state index >= 15 is 0 Å². The van der Waals surface area contributed by atoms with Crippen LogP contribution in [0, 0.1) is 10.1 Å². The van der Waals surface area contributed by atoms with E-state index in [-0.39, 0.29) is 30.6 Å². The number of nitrogen functional groups attached to an aromatic ring is 1. The molecule has 9 heteroatoms. The zero-order chi connectivity index (χ0) is 21.9. The van der Waals surface area contributed by atoms with Crippen molar-refractivity contribution in [3.63, 3.8) is 0 Å². The highest BCUT2D eigenvalue weighted by Gasteiger charge is 2.13. The normalized spacial score (nSPS) is 9.83. The predicted octanol–water partition coefficient (Wildman–Crippen LogP) is 3.35. The minimum atomic E-state index is -0.588. The molecule has 9 nitrogen and oxygen atoms in total. The number of anilines is 1. The Morgan fingerprint density at radius 1 is 0.933 bits per heavy atom. The molecule has 0 fully saturated rings. The Morgan fingerprint density at radius 2 is 1.47 bits per heavy atom. The second-order valence-electron chi connectivity index (χ2n) is 5.95. The minimum Gasteiger partial charge on any atom is -0.497 e. The lowest BCUT2D eigenvalue weighted by Crippen LogP contribution is -2.02. The zero-order valence-electron chi connectivity index (χ0n) is 16.6. The topological polar surface area (TPSA) is 130 Å². The number of nitrogens with two attached hydrogens (primary N) is 1. The SMILES string of the molecule is COc1ccc(CO)cc1.COc1ccc(COc2ccc([N+](=O)[O-])c(N)n2)cc1. The van der Waals surface area contributed by atoms with Gasteiger partial charge in [0.2, 0.25) is 11.7 Å². The molecule has 3 aromatic rings. The van der Waals surface area contributed by atoms with Crippen molar-refractivity contribution in [1.29, 1.82) is 0 Å². The van der Waals surface area contributed by atoms with Gasteiger partial charge in [0.15, 0.2) is 0 Å². The molecule has 0 saturated carbocycles. The smallest absolute Gasteiger partial charge is 0.311 e. The van der Waals surface area contributed by atoms with Crippen molar-refractivity contribution >= 4 is 11.5 Å².